The molecule has 0 saturated heterocycles. The lowest BCUT2D eigenvalue weighted by molar-refractivity contribution is 0.0928. The summed E-state index contributed by atoms with van der Waals surface area (Å²) >= 11 is 3.43. The van der Waals surface area contributed by atoms with Crippen LogP contribution in [0.25, 0.3) is 0 Å². The molecule has 1 aliphatic rings. The number of carbonyl (C=O) groups excluding carboxylic acids is 1. The molecule has 2 unspecified atom stereocenters. The number of hydrogen-bond donors (Lipinski definition) is 2. The zero-order valence-corrected chi connectivity index (χ0v) is 12.2. The van der Waals surface area contributed by atoms with E-state index < -0.39 is 0 Å². The van der Waals surface area contributed by atoms with E-state index in [-0.39, 0.29) is 11.9 Å². The van der Waals surface area contributed by atoms with Crippen LogP contribution in [0.1, 0.15) is 35.2 Å². The number of carbonyl (C=O) groups is 1. The lowest BCUT2D eigenvalue weighted by atomic mass is 10.0. The molecule has 1 fully saturated rings. The maximum atomic E-state index is 12.3. The normalized spacial score (nSPS) is 23.1. The van der Waals surface area contributed by atoms with Crippen LogP contribution in [-0.2, 0) is 0 Å². The quantitative estimate of drug-likeness (QED) is 0.901. The van der Waals surface area contributed by atoms with E-state index in [0.29, 0.717) is 18.0 Å². The maximum Gasteiger partial charge on any atom is 0.252 e. The van der Waals surface area contributed by atoms with Gasteiger partial charge in [-0.25, -0.2) is 0 Å². The van der Waals surface area contributed by atoms with Crippen molar-refractivity contribution in [3.63, 3.8) is 0 Å². The van der Waals surface area contributed by atoms with Crippen LogP contribution >= 0.6 is 15.9 Å². The van der Waals surface area contributed by atoms with Gasteiger partial charge in [-0.2, -0.15) is 0 Å². The Balaban J connectivity index is 2.09. The minimum atomic E-state index is -0.00377. The van der Waals surface area contributed by atoms with Crippen LogP contribution in [0.4, 0.5) is 0 Å². The van der Waals surface area contributed by atoms with E-state index in [4.69, 9.17) is 5.73 Å². The van der Waals surface area contributed by atoms with Crippen LogP contribution in [0.15, 0.2) is 22.7 Å². The first-order chi connectivity index (χ1) is 8.61. The summed E-state index contributed by atoms with van der Waals surface area (Å²) in [5, 5.41) is 3.12. The van der Waals surface area contributed by atoms with Crippen molar-refractivity contribution in [2.24, 2.45) is 11.7 Å². The average Bonchev–Trinajstić information content (AvgIpc) is 2.79. The van der Waals surface area contributed by atoms with Crippen LogP contribution in [0.3, 0.4) is 0 Å². The van der Waals surface area contributed by atoms with Crippen molar-refractivity contribution in [1.29, 1.82) is 0 Å². The topological polar surface area (TPSA) is 55.1 Å². The molecule has 0 spiro atoms. The highest BCUT2D eigenvalue weighted by Crippen LogP contribution is 2.25. The summed E-state index contributed by atoms with van der Waals surface area (Å²) in [6.07, 6.45) is 3.31. The number of rotatable bonds is 3. The summed E-state index contributed by atoms with van der Waals surface area (Å²) < 4.78 is 0.841. The second-order valence-electron chi connectivity index (χ2n) is 4.99. The van der Waals surface area contributed by atoms with Crippen molar-refractivity contribution in [3.8, 4) is 0 Å². The third-order valence-corrected chi connectivity index (χ3v) is 4.34. The van der Waals surface area contributed by atoms with Gasteiger partial charge in [-0.1, -0.05) is 18.1 Å². The van der Waals surface area contributed by atoms with Gasteiger partial charge in [0.1, 0.15) is 0 Å². The van der Waals surface area contributed by atoms with Crippen LogP contribution in [0.5, 0.6) is 0 Å². The highest BCUT2D eigenvalue weighted by atomic mass is 79.9. The van der Waals surface area contributed by atoms with Gasteiger partial charge in [0.2, 0.25) is 0 Å². The SMILES string of the molecule is Cc1ccc(Br)c(C(=O)NC2CCCC2CN)c1. The fourth-order valence-corrected chi connectivity index (χ4v) is 2.99. The van der Waals surface area contributed by atoms with Crippen molar-refractivity contribution in [3.05, 3.63) is 33.8 Å². The van der Waals surface area contributed by atoms with Gasteiger partial charge in [0.25, 0.3) is 5.91 Å². The molecule has 98 valence electrons. The van der Waals surface area contributed by atoms with Crippen LogP contribution < -0.4 is 11.1 Å². The molecular weight excluding hydrogens is 292 g/mol. The Bertz CT molecular complexity index is 447. The Morgan fingerprint density at radius 1 is 1.50 bits per heavy atom. The Labute approximate surface area is 116 Å². The second-order valence-corrected chi connectivity index (χ2v) is 5.84. The first-order valence-corrected chi connectivity index (χ1v) is 7.18. The zero-order valence-electron chi connectivity index (χ0n) is 10.6. The predicted octanol–water partition coefficient (Wildman–Crippen LogP) is 2.61. The van der Waals surface area contributed by atoms with Gasteiger partial charge in [-0.05, 0) is 60.3 Å². The summed E-state index contributed by atoms with van der Waals surface area (Å²) in [5.74, 6) is 0.424. The molecule has 3 N–H and O–H groups in total. The Morgan fingerprint density at radius 3 is 3.00 bits per heavy atom. The summed E-state index contributed by atoms with van der Waals surface area (Å²) in [6, 6.07) is 6.04. The molecule has 1 aromatic rings. The average molecular weight is 311 g/mol. The Hall–Kier alpha value is -0.870. The number of nitrogens with two attached hydrogens (primary N) is 1. The molecule has 3 nitrogen and oxygen atoms in total. The van der Waals surface area contributed by atoms with Gasteiger partial charge >= 0.3 is 0 Å². The van der Waals surface area contributed by atoms with E-state index in [0.717, 1.165) is 29.3 Å². The molecule has 4 heteroatoms. The zero-order chi connectivity index (χ0) is 13.1. The summed E-state index contributed by atoms with van der Waals surface area (Å²) in [5.41, 5.74) is 7.53. The van der Waals surface area contributed by atoms with E-state index in [1.165, 1.54) is 0 Å². The minimum absolute atomic E-state index is 0.00377. The molecular formula is C14H19BrN2O. The van der Waals surface area contributed by atoms with Crippen molar-refractivity contribution >= 4 is 21.8 Å². The van der Waals surface area contributed by atoms with Gasteiger partial charge in [0.15, 0.2) is 0 Å². The Morgan fingerprint density at radius 2 is 2.28 bits per heavy atom. The fourth-order valence-electron chi connectivity index (χ4n) is 2.57. The third-order valence-electron chi connectivity index (χ3n) is 3.64. The molecule has 0 aromatic heterocycles. The number of aryl methyl sites for hydroxylation is 1. The summed E-state index contributed by atoms with van der Waals surface area (Å²) in [7, 11) is 0. The lowest BCUT2D eigenvalue weighted by Crippen LogP contribution is -2.40. The largest absolute Gasteiger partial charge is 0.349 e. The van der Waals surface area contributed by atoms with E-state index in [9.17, 15) is 4.79 Å². The predicted molar refractivity (Wildman–Crippen MR) is 76.5 cm³/mol. The molecule has 1 saturated carbocycles. The van der Waals surface area contributed by atoms with Gasteiger partial charge in [0, 0.05) is 10.5 Å². The summed E-state index contributed by atoms with van der Waals surface area (Å²) in [4.78, 5) is 12.3. The molecule has 0 aliphatic heterocycles. The molecule has 0 heterocycles. The highest BCUT2D eigenvalue weighted by molar-refractivity contribution is 9.10. The van der Waals surface area contributed by atoms with Gasteiger partial charge in [-0.3, -0.25) is 4.79 Å². The third kappa shape index (κ3) is 2.93. The van der Waals surface area contributed by atoms with Crippen molar-refractivity contribution in [2.75, 3.05) is 6.54 Å². The standard InChI is InChI=1S/C14H19BrN2O/c1-9-5-6-12(15)11(7-9)14(18)17-13-4-2-3-10(13)8-16/h5-7,10,13H,2-4,8,16H2,1H3,(H,17,18). The second kappa shape index (κ2) is 5.85. The number of hydrogen-bond acceptors (Lipinski definition) is 2. The van der Waals surface area contributed by atoms with Gasteiger partial charge < -0.3 is 11.1 Å². The molecule has 1 aromatic carbocycles. The van der Waals surface area contributed by atoms with Crippen LogP contribution in [-0.4, -0.2) is 18.5 Å². The van der Waals surface area contributed by atoms with Crippen molar-refractivity contribution < 1.29 is 4.79 Å². The van der Waals surface area contributed by atoms with E-state index in [1.807, 2.05) is 25.1 Å². The smallest absolute Gasteiger partial charge is 0.252 e. The molecule has 1 amide bonds. The Kier molecular flexibility index (Phi) is 4.40. The minimum Gasteiger partial charge on any atom is -0.349 e. The van der Waals surface area contributed by atoms with Crippen molar-refractivity contribution in [1.82, 2.24) is 5.32 Å². The fraction of sp³-hybridized carbons (Fsp3) is 0.500. The number of amides is 1. The number of nitrogens with one attached hydrogen (secondary N) is 1. The molecule has 18 heavy (non-hydrogen) atoms. The van der Waals surface area contributed by atoms with Crippen LogP contribution in [0.2, 0.25) is 0 Å². The van der Waals surface area contributed by atoms with E-state index in [2.05, 4.69) is 21.2 Å². The summed E-state index contributed by atoms with van der Waals surface area (Å²) in [6.45, 7) is 2.64. The van der Waals surface area contributed by atoms with Gasteiger partial charge in [0.05, 0.1) is 5.56 Å². The van der Waals surface area contributed by atoms with Crippen LogP contribution in [0, 0.1) is 12.8 Å². The van der Waals surface area contributed by atoms with E-state index in [1.54, 1.807) is 0 Å². The maximum absolute atomic E-state index is 12.3. The molecule has 0 radical (unpaired) electrons. The molecule has 0 bridgehead atoms. The number of benzene rings is 1. The van der Waals surface area contributed by atoms with Crippen molar-refractivity contribution in [2.45, 2.75) is 32.2 Å². The highest BCUT2D eigenvalue weighted by Gasteiger charge is 2.27. The molecule has 1 aliphatic carbocycles. The molecule has 2 atom stereocenters. The lowest BCUT2D eigenvalue weighted by Gasteiger charge is -2.20. The monoisotopic (exact) mass is 310 g/mol. The first-order valence-electron chi connectivity index (χ1n) is 6.39. The van der Waals surface area contributed by atoms with Gasteiger partial charge in [-0.15, -0.1) is 0 Å². The number of halogens is 1. The first kappa shape index (κ1) is 13.6. The van der Waals surface area contributed by atoms with E-state index >= 15 is 0 Å². The molecule has 2 rings (SSSR count).